The molecule has 2 aromatic rings. The Bertz CT molecular complexity index is 1160. The molecule has 1 aromatic heterocycles. The van der Waals surface area contributed by atoms with Gasteiger partial charge in [-0.05, 0) is 51.8 Å². The van der Waals surface area contributed by atoms with Crippen molar-refractivity contribution < 1.29 is 23.1 Å². The maximum atomic E-state index is 12.9. The van der Waals surface area contributed by atoms with Crippen LogP contribution in [0, 0.1) is 0 Å². The predicted molar refractivity (Wildman–Crippen MR) is 124 cm³/mol. The summed E-state index contributed by atoms with van der Waals surface area (Å²) in [7, 11) is -2.44. The van der Waals surface area contributed by atoms with Crippen LogP contribution in [0.15, 0.2) is 18.2 Å². The number of piperidine rings is 1. The molecule has 2 N–H and O–H groups in total. The fraction of sp³-hybridized carbons (Fsp3) is 0.500. The molecule has 1 aliphatic rings. The number of benzene rings is 1. The van der Waals surface area contributed by atoms with Gasteiger partial charge in [0.15, 0.2) is 0 Å². The van der Waals surface area contributed by atoms with Crippen LogP contribution >= 0.6 is 23.2 Å². The molecule has 2 amide bonds. The Kier molecular flexibility index (Phi) is 6.72. The van der Waals surface area contributed by atoms with Crippen LogP contribution in [0.25, 0.3) is 10.9 Å². The number of carboxylic acid groups (broad SMARTS) is 1. The SMILES string of the molecule is Cn1c(C(=O)NC2CCN(S(=O)(=O)N(C(=O)O)C(C)(C)C)CC2)cc2c(Cl)c(Cl)ccc21. The van der Waals surface area contributed by atoms with Crippen molar-refractivity contribution in [2.45, 2.75) is 45.2 Å². The minimum Gasteiger partial charge on any atom is -0.464 e. The molecular formula is C20H26Cl2N4O5S. The molecule has 0 atom stereocenters. The molecule has 0 bridgehead atoms. The summed E-state index contributed by atoms with van der Waals surface area (Å²) in [6.45, 7) is 4.77. The summed E-state index contributed by atoms with van der Waals surface area (Å²) in [5.74, 6) is -0.306. The van der Waals surface area contributed by atoms with Gasteiger partial charge in [0.25, 0.3) is 5.91 Å². The van der Waals surface area contributed by atoms with Crippen molar-refractivity contribution in [1.82, 2.24) is 18.5 Å². The lowest BCUT2D eigenvalue weighted by molar-refractivity contribution is 0.0915. The van der Waals surface area contributed by atoms with Crippen LogP contribution in [0.4, 0.5) is 4.79 Å². The van der Waals surface area contributed by atoms with E-state index in [1.165, 1.54) is 20.8 Å². The number of halogens is 2. The Morgan fingerprint density at radius 3 is 2.31 bits per heavy atom. The third-order valence-corrected chi connectivity index (χ3v) is 8.48. The third kappa shape index (κ3) is 4.54. The Hall–Kier alpha value is -2.01. The first-order valence-corrected chi connectivity index (χ1v) is 12.2. The van der Waals surface area contributed by atoms with E-state index in [2.05, 4.69) is 5.32 Å². The van der Waals surface area contributed by atoms with Gasteiger partial charge in [-0.15, -0.1) is 0 Å². The second kappa shape index (κ2) is 8.74. The molecule has 3 rings (SSSR count). The highest BCUT2D eigenvalue weighted by molar-refractivity contribution is 7.87. The van der Waals surface area contributed by atoms with Crippen LogP contribution in [-0.2, 0) is 17.3 Å². The van der Waals surface area contributed by atoms with E-state index in [4.69, 9.17) is 23.2 Å². The largest absolute Gasteiger partial charge is 0.464 e. The number of aryl methyl sites for hydroxylation is 1. The van der Waals surface area contributed by atoms with Crippen molar-refractivity contribution in [2.24, 2.45) is 7.05 Å². The van der Waals surface area contributed by atoms with Crippen molar-refractivity contribution in [3.63, 3.8) is 0 Å². The van der Waals surface area contributed by atoms with Crippen molar-refractivity contribution in [3.05, 3.63) is 33.9 Å². The number of nitrogens with zero attached hydrogens (tertiary/aromatic N) is 3. The zero-order valence-electron chi connectivity index (χ0n) is 18.2. The number of fused-ring (bicyclic) bond motifs is 1. The molecular weight excluding hydrogens is 479 g/mol. The summed E-state index contributed by atoms with van der Waals surface area (Å²) >= 11 is 12.3. The van der Waals surface area contributed by atoms with Crippen LogP contribution in [0.3, 0.4) is 0 Å². The van der Waals surface area contributed by atoms with Gasteiger partial charge in [-0.3, -0.25) is 4.79 Å². The van der Waals surface area contributed by atoms with Crippen molar-refractivity contribution in [1.29, 1.82) is 0 Å². The standard InChI is InChI=1S/C20H26Cl2N4O5S/c1-20(2,3)26(19(28)29)32(30,31)25-9-7-12(8-10-25)23-18(27)16-11-13-15(24(16)4)6-5-14(21)17(13)22/h5-6,11-12H,7-10H2,1-4H3,(H,23,27)(H,28,29). The fourth-order valence-corrected chi connectivity index (χ4v) is 6.08. The van der Waals surface area contributed by atoms with Gasteiger partial charge in [-0.1, -0.05) is 23.2 Å². The fourth-order valence-electron chi connectivity index (χ4n) is 3.90. The number of amides is 2. The van der Waals surface area contributed by atoms with E-state index >= 15 is 0 Å². The van der Waals surface area contributed by atoms with Crippen LogP contribution in [0.1, 0.15) is 44.1 Å². The first-order valence-electron chi connectivity index (χ1n) is 10.0. The number of nitrogens with one attached hydrogen (secondary N) is 1. The van der Waals surface area contributed by atoms with Crippen LogP contribution in [0.2, 0.25) is 10.0 Å². The second-order valence-electron chi connectivity index (χ2n) is 8.76. The average Bonchev–Trinajstić information content (AvgIpc) is 3.00. The number of hydrogen-bond donors (Lipinski definition) is 2. The second-order valence-corrected chi connectivity index (χ2v) is 11.3. The van der Waals surface area contributed by atoms with E-state index in [0.29, 0.717) is 38.3 Å². The van der Waals surface area contributed by atoms with Crippen LogP contribution in [0.5, 0.6) is 0 Å². The van der Waals surface area contributed by atoms with Crippen LogP contribution in [-0.4, -0.2) is 63.4 Å². The molecule has 0 saturated carbocycles. The highest BCUT2D eigenvalue weighted by Gasteiger charge is 2.42. The molecule has 2 heterocycles. The van der Waals surface area contributed by atoms with E-state index in [1.54, 1.807) is 29.8 Å². The van der Waals surface area contributed by atoms with Gasteiger partial charge in [0, 0.05) is 37.1 Å². The summed E-state index contributed by atoms with van der Waals surface area (Å²) in [4.78, 5) is 24.5. The predicted octanol–water partition coefficient (Wildman–Crippen LogP) is 3.70. The van der Waals surface area contributed by atoms with Crippen molar-refractivity contribution in [3.8, 4) is 0 Å². The Labute approximate surface area is 197 Å². The van der Waals surface area contributed by atoms with E-state index in [-0.39, 0.29) is 25.0 Å². The summed E-state index contributed by atoms with van der Waals surface area (Å²) in [5, 5.41) is 13.8. The molecule has 0 spiro atoms. The van der Waals surface area contributed by atoms with Gasteiger partial charge in [0.2, 0.25) is 0 Å². The Morgan fingerprint density at radius 2 is 1.78 bits per heavy atom. The summed E-state index contributed by atoms with van der Waals surface area (Å²) in [6, 6.07) is 4.88. The topological polar surface area (TPSA) is 112 Å². The number of carbonyl (C=O) groups excluding carboxylic acids is 1. The molecule has 32 heavy (non-hydrogen) atoms. The van der Waals surface area contributed by atoms with Gasteiger partial charge in [-0.25, -0.2) is 4.79 Å². The van der Waals surface area contributed by atoms with E-state index in [9.17, 15) is 23.1 Å². The Balaban J connectivity index is 1.71. The lowest BCUT2D eigenvalue weighted by Gasteiger charge is -2.38. The monoisotopic (exact) mass is 504 g/mol. The maximum absolute atomic E-state index is 12.9. The highest BCUT2D eigenvalue weighted by atomic mass is 35.5. The lowest BCUT2D eigenvalue weighted by Crippen LogP contribution is -2.57. The Morgan fingerprint density at radius 1 is 1.19 bits per heavy atom. The zero-order valence-corrected chi connectivity index (χ0v) is 20.6. The summed E-state index contributed by atoms with van der Waals surface area (Å²) < 4.78 is 29.1. The first kappa shape index (κ1) is 24.6. The van der Waals surface area contributed by atoms with E-state index in [0.717, 1.165) is 9.82 Å². The number of carbonyl (C=O) groups is 2. The normalized spacial score (nSPS) is 16.3. The van der Waals surface area contributed by atoms with Crippen LogP contribution < -0.4 is 5.32 Å². The molecule has 1 aliphatic heterocycles. The van der Waals surface area contributed by atoms with E-state index in [1.807, 2.05) is 0 Å². The molecule has 9 nitrogen and oxygen atoms in total. The van der Waals surface area contributed by atoms with Gasteiger partial charge in [0.05, 0.1) is 15.6 Å². The van der Waals surface area contributed by atoms with Crippen molar-refractivity contribution >= 4 is 56.3 Å². The highest BCUT2D eigenvalue weighted by Crippen LogP contribution is 2.32. The molecule has 176 valence electrons. The quantitative estimate of drug-likeness (QED) is 0.658. The minimum absolute atomic E-state index is 0.101. The van der Waals surface area contributed by atoms with Crippen molar-refractivity contribution in [2.75, 3.05) is 13.1 Å². The number of rotatable bonds is 4. The molecule has 1 saturated heterocycles. The third-order valence-electron chi connectivity index (χ3n) is 5.48. The first-order chi connectivity index (χ1) is 14.7. The maximum Gasteiger partial charge on any atom is 0.422 e. The van der Waals surface area contributed by atoms with Gasteiger partial charge < -0.3 is 15.0 Å². The van der Waals surface area contributed by atoms with Gasteiger partial charge >= 0.3 is 16.3 Å². The lowest BCUT2D eigenvalue weighted by atomic mass is 10.1. The molecule has 0 aliphatic carbocycles. The minimum atomic E-state index is -4.19. The smallest absolute Gasteiger partial charge is 0.422 e. The van der Waals surface area contributed by atoms with E-state index < -0.39 is 21.8 Å². The number of aromatic nitrogens is 1. The molecule has 12 heteroatoms. The average molecular weight is 505 g/mol. The summed E-state index contributed by atoms with van der Waals surface area (Å²) in [5.41, 5.74) is 0.0550. The van der Waals surface area contributed by atoms with Gasteiger partial charge in [-0.2, -0.15) is 17.0 Å². The molecule has 1 fully saturated rings. The number of hydrogen-bond acceptors (Lipinski definition) is 4. The zero-order chi connectivity index (χ0) is 24.0. The summed E-state index contributed by atoms with van der Waals surface area (Å²) in [6.07, 6.45) is -0.805. The molecule has 0 radical (unpaired) electrons. The molecule has 0 unspecified atom stereocenters. The van der Waals surface area contributed by atoms with Gasteiger partial charge in [0.1, 0.15) is 5.69 Å². The molecule has 1 aromatic carbocycles.